The van der Waals surface area contributed by atoms with Gasteiger partial charge in [0.15, 0.2) is 17.3 Å². The van der Waals surface area contributed by atoms with Crippen molar-refractivity contribution in [3.63, 3.8) is 0 Å². The molecule has 0 unspecified atom stereocenters. The van der Waals surface area contributed by atoms with Gasteiger partial charge < -0.3 is 9.84 Å². The summed E-state index contributed by atoms with van der Waals surface area (Å²) in [6.07, 6.45) is 3.19. The molecule has 0 aliphatic rings. The number of rotatable bonds is 4. The molecule has 0 aliphatic heterocycles. The van der Waals surface area contributed by atoms with Crippen LogP contribution in [0.3, 0.4) is 0 Å². The van der Waals surface area contributed by atoms with Crippen molar-refractivity contribution in [3.05, 3.63) is 60.4 Å². The minimum Gasteiger partial charge on any atom is -0.504 e. The molecule has 6 nitrogen and oxygen atoms in total. The van der Waals surface area contributed by atoms with E-state index < -0.39 is 0 Å². The molecule has 22 heavy (non-hydrogen) atoms. The summed E-state index contributed by atoms with van der Waals surface area (Å²) in [6, 6.07) is 14.7. The number of nitrogens with zero attached hydrogens (tertiary/aromatic N) is 4. The zero-order valence-corrected chi connectivity index (χ0v) is 11.9. The van der Waals surface area contributed by atoms with Crippen LogP contribution in [0.5, 0.6) is 11.5 Å². The molecule has 0 radical (unpaired) electrons. The van der Waals surface area contributed by atoms with E-state index in [4.69, 9.17) is 4.74 Å². The van der Waals surface area contributed by atoms with Crippen molar-refractivity contribution in [2.45, 2.75) is 0 Å². The molecule has 0 aliphatic carbocycles. The fourth-order valence-electron chi connectivity index (χ4n) is 2.00. The standard InChI is InChI=1S/C16H14N4O2/c1-22-15-9-12(7-8-14(15)21)10-18-20-11-17-19-16(20)13-5-3-2-4-6-13/h2-11,21H,1H3/b18-10+. The van der Waals surface area contributed by atoms with Crippen LogP contribution in [-0.4, -0.2) is 33.3 Å². The fraction of sp³-hybridized carbons (Fsp3) is 0.0625. The van der Waals surface area contributed by atoms with Crippen molar-refractivity contribution >= 4 is 6.21 Å². The smallest absolute Gasteiger partial charge is 0.184 e. The van der Waals surface area contributed by atoms with E-state index in [0.29, 0.717) is 11.6 Å². The highest BCUT2D eigenvalue weighted by Gasteiger charge is 2.05. The summed E-state index contributed by atoms with van der Waals surface area (Å²) < 4.78 is 6.66. The molecule has 0 saturated carbocycles. The van der Waals surface area contributed by atoms with Crippen LogP contribution in [0, 0.1) is 0 Å². The minimum absolute atomic E-state index is 0.0916. The number of ether oxygens (including phenoxy) is 1. The topological polar surface area (TPSA) is 72.5 Å². The number of aromatic hydroxyl groups is 1. The van der Waals surface area contributed by atoms with Crippen molar-refractivity contribution in [2.75, 3.05) is 7.11 Å². The van der Waals surface area contributed by atoms with Crippen molar-refractivity contribution in [2.24, 2.45) is 5.10 Å². The van der Waals surface area contributed by atoms with Gasteiger partial charge in [0.1, 0.15) is 6.33 Å². The first-order valence-electron chi connectivity index (χ1n) is 6.65. The molecule has 1 heterocycles. The first-order chi connectivity index (χ1) is 10.8. The lowest BCUT2D eigenvalue weighted by Gasteiger charge is -2.04. The maximum absolute atomic E-state index is 9.59. The Morgan fingerprint density at radius 3 is 2.77 bits per heavy atom. The van der Waals surface area contributed by atoms with Crippen molar-refractivity contribution in [1.82, 2.24) is 14.9 Å². The van der Waals surface area contributed by atoms with Gasteiger partial charge in [0.25, 0.3) is 0 Å². The summed E-state index contributed by atoms with van der Waals surface area (Å²) in [7, 11) is 1.50. The molecule has 0 fully saturated rings. The number of hydrogen-bond donors (Lipinski definition) is 1. The van der Waals surface area contributed by atoms with Crippen LogP contribution in [-0.2, 0) is 0 Å². The predicted octanol–water partition coefficient (Wildman–Crippen LogP) is 2.54. The molecule has 0 spiro atoms. The molecule has 2 aromatic carbocycles. The minimum atomic E-state index is 0.0916. The molecule has 3 rings (SSSR count). The second kappa shape index (κ2) is 6.09. The van der Waals surface area contributed by atoms with E-state index in [0.717, 1.165) is 11.1 Å². The van der Waals surface area contributed by atoms with Gasteiger partial charge in [-0.1, -0.05) is 30.3 Å². The molecule has 110 valence electrons. The molecule has 1 N–H and O–H groups in total. The van der Waals surface area contributed by atoms with E-state index in [1.54, 1.807) is 29.1 Å². The predicted molar refractivity (Wildman–Crippen MR) is 83.1 cm³/mol. The molecular weight excluding hydrogens is 280 g/mol. The Hall–Kier alpha value is -3.15. The van der Waals surface area contributed by atoms with Crippen LogP contribution in [0.1, 0.15) is 5.56 Å². The Kier molecular flexibility index (Phi) is 3.82. The number of aromatic nitrogens is 3. The van der Waals surface area contributed by atoms with Crippen LogP contribution in [0.25, 0.3) is 11.4 Å². The monoisotopic (exact) mass is 294 g/mol. The van der Waals surface area contributed by atoms with E-state index in [1.165, 1.54) is 13.4 Å². The van der Waals surface area contributed by atoms with Gasteiger partial charge in [-0.05, 0) is 23.8 Å². The maximum Gasteiger partial charge on any atom is 0.184 e. The van der Waals surface area contributed by atoms with Gasteiger partial charge in [-0.15, -0.1) is 10.2 Å². The lowest BCUT2D eigenvalue weighted by Crippen LogP contribution is -1.94. The first kappa shape index (κ1) is 13.8. The molecule has 1 aromatic heterocycles. The number of hydrogen-bond acceptors (Lipinski definition) is 5. The lowest BCUT2D eigenvalue weighted by atomic mass is 10.2. The first-order valence-corrected chi connectivity index (χ1v) is 6.65. The number of phenols is 1. The number of methoxy groups -OCH3 is 1. The highest BCUT2D eigenvalue weighted by atomic mass is 16.5. The zero-order valence-electron chi connectivity index (χ0n) is 11.9. The average Bonchev–Trinajstić information content (AvgIpc) is 3.03. The van der Waals surface area contributed by atoms with Crippen LogP contribution in [0.2, 0.25) is 0 Å². The molecule has 6 heteroatoms. The highest BCUT2D eigenvalue weighted by molar-refractivity contribution is 5.81. The Morgan fingerprint density at radius 2 is 2.00 bits per heavy atom. The molecule has 0 bridgehead atoms. The van der Waals surface area contributed by atoms with Gasteiger partial charge >= 0.3 is 0 Å². The van der Waals surface area contributed by atoms with E-state index in [9.17, 15) is 5.11 Å². The summed E-state index contributed by atoms with van der Waals surface area (Å²) in [6.45, 7) is 0. The Morgan fingerprint density at radius 1 is 1.18 bits per heavy atom. The van der Waals surface area contributed by atoms with E-state index in [2.05, 4.69) is 15.3 Å². The third-order valence-electron chi connectivity index (χ3n) is 3.10. The van der Waals surface area contributed by atoms with Gasteiger partial charge in [-0.25, -0.2) is 0 Å². The summed E-state index contributed by atoms with van der Waals surface area (Å²) >= 11 is 0. The number of phenolic OH excluding ortho intramolecular Hbond substituents is 1. The maximum atomic E-state index is 9.59. The zero-order chi connectivity index (χ0) is 15.4. The third kappa shape index (κ3) is 2.80. The second-order valence-corrected chi connectivity index (χ2v) is 4.54. The molecule has 0 amide bonds. The Labute approximate surface area is 127 Å². The molecular formula is C16H14N4O2. The lowest BCUT2D eigenvalue weighted by molar-refractivity contribution is 0.373. The van der Waals surface area contributed by atoms with Crippen LogP contribution in [0.4, 0.5) is 0 Å². The van der Waals surface area contributed by atoms with Gasteiger partial charge in [-0.2, -0.15) is 9.78 Å². The molecule has 3 aromatic rings. The summed E-state index contributed by atoms with van der Waals surface area (Å²) in [5, 5.41) is 21.9. The largest absolute Gasteiger partial charge is 0.504 e. The third-order valence-corrected chi connectivity index (χ3v) is 3.10. The van der Waals surface area contributed by atoms with Gasteiger partial charge in [0, 0.05) is 5.56 Å². The highest BCUT2D eigenvalue weighted by Crippen LogP contribution is 2.25. The van der Waals surface area contributed by atoms with E-state index in [-0.39, 0.29) is 5.75 Å². The molecule has 0 atom stereocenters. The number of benzene rings is 2. The Balaban J connectivity index is 1.90. The quantitative estimate of drug-likeness (QED) is 0.750. The second-order valence-electron chi connectivity index (χ2n) is 4.54. The van der Waals surface area contributed by atoms with Crippen LogP contribution >= 0.6 is 0 Å². The SMILES string of the molecule is COc1cc(/C=N/n2cnnc2-c2ccccc2)ccc1O. The van der Waals surface area contributed by atoms with Crippen LogP contribution in [0.15, 0.2) is 60.0 Å². The van der Waals surface area contributed by atoms with E-state index in [1.807, 2.05) is 30.3 Å². The molecule has 0 saturated heterocycles. The Bertz CT molecular complexity index is 797. The van der Waals surface area contributed by atoms with Crippen molar-refractivity contribution < 1.29 is 9.84 Å². The summed E-state index contributed by atoms with van der Waals surface area (Å²) in [4.78, 5) is 0. The average molecular weight is 294 g/mol. The van der Waals surface area contributed by atoms with Crippen LogP contribution < -0.4 is 4.74 Å². The summed E-state index contributed by atoms with van der Waals surface area (Å²) in [5.74, 6) is 1.15. The fourth-order valence-corrected chi connectivity index (χ4v) is 2.00. The van der Waals surface area contributed by atoms with Gasteiger partial charge in [0.05, 0.1) is 13.3 Å². The van der Waals surface area contributed by atoms with Crippen molar-refractivity contribution in [3.8, 4) is 22.9 Å². The normalized spacial score (nSPS) is 11.0. The van der Waals surface area contributed by atoms with E-state index >= 15 is 0 Å². The van der Waals surface area contributed by atoms with Gasteiger partial charge in [-0.3, -0.25) is 0 Å². The van der Waals surface area contributed by atoms with Crippen molar-refractivity contribution in [1.29, 1.82) is 0 Å². The van der Waals surface area contributed by atoms with Gasteiger partial charge in [0.2, 0.25) is 0 Å². The summed E-state index contributed by atoms with van der Waals surface area (Å²) in [5.41, 5.74) is 1.72.